The van der Waals surface area contributed by atoms with Crippen LogP contribution in [0.15, 0.2) is 36.5 Å². The lowest BCUT2D eigenvalue weighted by atomic mass is 9.81. The maximum Gasteiger partial charge on any atom is 0.417 e. The van der Waals surface area contributed by atoms with Crippen molar-refractivity contribution in [2.75, 3.05) is 36.4 Å². The zero-order valence-corrected chi connectivity index (χ0v) is 33.7. The smallest absolute Gasteiger partial charge is 0.331 e. The molecule has 4 aliphatic rings. The van der Waals surface area contributed by atoms with Crippen molar-refractivity contribution in [2.24, 2.45) is 5.92 Å². The van der Waals surface area contributed by atoms with Gasteiger partial charge in [0, 0.05) is 37.6 Å². The Morgan fingerprint density at radius 2 is 1.74 bits per heavy atom. The highest BCUT2D eigenvalue weighted by molar-refractivity contribution is 7.80. The number of amides is 4. The fraction of sp³-hybridized carbons (Fsp3) is 0.585. The van der Waals surface area contributed by atoms with Crippen molar-refractivity contribution in [1.82, 2.24) is 25.0 Å². The lowest BCUT2D eigenvalue weighted by molar-refractivity contribution is -0.138. The van der Waals surface area contributed by atoms with E-state index < -0.39 is 28.8 Å². The van der Waals surface area contributed by atoms with Crippen molar-refractivity contribution in [3.8, 4) is 6.07 Å². The van der Waals surface area contributed by atoms with Crippen LogP contribution < -0.4 is 15.5 Å². The number of rotatable bonds is 11. The molecule has 1 aromatic heterocycles. The molecule has 1 saturated carbocycles. The summed E-state index contributed by atoms with van der Waals surface area (Å²) in [5, 5.41) is 14.7. The van der Waals surface area contributed by atoms with Gasteiger partial charge in [-0.1, -0.05) is 12.8 Å². The topological polar surface area (TPSA) is 142 Å². The third-order valence-corrected chi connectivity index (χ3v) is 12.5. The summed E-state index contributed by atoms with van der Waals surface area (Å²) in [5.41, 5.74) is -1.47. The number of carbonyl (C=O) groups is 4. The number of carbonyl (C=O) groups excluding carboxylic acids is 4. The number of thiocarbonyl (C=S) groups is 1. The molecule has 4 amide bonds. The summed E-state index contributed by atoms with van der Waals surface area (Å²) in [6.07, 6.45) is 4.41. The summed E-state index contributed by atoms with van der Waals surface area (Å²) in [6, 6.07) is 8.71. The summed E-state index contributed by atoms with van der Waals surface area (Å²) in [6.45, 7) is 10.8. The fourth-order valence-corrected chi connectivity index (χ4v) is 9.67. The van der Waals surface area contributed by atoms with Crippen molar-refractivity contribution in [1.29, 1.82) is 5.26 Å². The van der Waals surface area contributed by atoms with E-state index >= 15 is 0 Å². The fourth-order valence-electron chi connectivity index (χ4n) is 9.10. The second-order valence-corrected chi connectivity index (χ2v) is 16.9. The number of benzene rings is 1. The van der Waals surface area contributed by atoms with E-state index in [1.54, 1.807) is 38.2 Å². The molecule has 0 spiro atoms. The molecule has 3 saturated heterocycles. The summed E-state index contributed by atoms with van der Waals surface area (Å²) in [4.78, 5) is 62.5. The Labute approximate surface area is 337 Å². The first-order valence-corrected chi connectivity index (χ1v) is 20.3. The molecule has 3 aliphatic heterocycles. The highest BCUT2D eigenvalue weighted by atomic mass is 32.1. The number of nitrogens with zero attached hydrogens (tertiary/aromatic N) is 6. The Hall–Kier alpha value is -4.46. The molecule has 0 bridgehead atoms. The van der Waals surface area contributed by atoms with Gasteiger partial charge in [-0.05, 0) is 121 Å². The Balaban J connectivity index is 0.918. The number of nitriles is 1. The number of alkyl halides is 3. The molecule has 306 valence electrons. The minimum Gasteiger partial charge on any atom is -0.331 e. The van der Waals surface area contributed by atoms with Crippen LogP contribution in [0.2, 0.25) is 0 Å². The molecule has 16 heteroatoms. The Bertz CT molecular complexity index is 1900. The van der Waals surface area contributed by atoms with Crippen LogP contribution in [0.3, 0.4) is 0 Å². The molecule has 1 aliphatic carbocycles. The van der Waals surface area contributed by atoms with Gasteiger partial charge in [0.25, 0.3) is 5.91 Å². The number of aromatic nitrogens is 1. The molecule has 1 aromatic carbocycles. The van der Waals surface area contributed by atoms with Crippen molar-refractivity contribution >= 4 is 52.3 Å². The summed E-state index contributed by atoms with van der Waals surface area (Å²) in [5.74, 6) is -1.05. The minimum absolute atomic E-state index is 0.00160. The third kappa shape index (κ3) is 9.31. The summed E-state index contributed by atoms with van der Waals surface area (Å²) >= 11 is 5.76. The molecule has 4 fully saturated rings. The van der Waals surface area contributed by atoms with Crippen LogP contribution in [0.4, 0.5) is 24.5 Å². The van der Waals surface area contributed by atoms with Crippen molar-refractivity contribution in [3.63, 3.8) is 0 Å². The number of unbranched alkanes of at least 4 members (excludes halogenated alkanes) is 1. The first kappa shape index (κ1) is 42.2. The number of hydrogen-bond acceptors (Lipinski definition) is 9. The number of anilines is 2. The highest BCUT2D eigenvalue weighted by Crippen LogP contribution is 2.41. The van der Waals surface area contributed by atoms with Crippen LogP contribution in [0.5, 0.6) is 0 Å². The molecular formula is C41H51F3N8O4S. The van der Waals surface area contributed by atoms with Crippen molar-refractivity contribution in [2.45, 2.75) is 121 Å². The Kier molecular flexibility index (Phi) is 12.7. The van der Waals surface area contributed by atoms with Gasteiger partial charge < -0.3 is 15.1 Å². The van der Waals surface area contributed by atoms with Crippen LogP contribution in [0.1, 0.15) is 108 Å². The van der Waals surface area contributed by atoms with Crippen LogP contribution >= 0.6 is 12.2 Å². The lowest BCUT2D eigenvalue weighted by Crippen LogP contribution is -2.58. The largest absolute Gasteiger partial charge is 0.417 e. The summed E-state index contributed by atoms with van der Waals surface area (Å²) in [7, 11) is 0. The molecule has 2 aromatic rings. The summed E-state index contributed by atoms with van der Waals surface area (Å²) < 4.78 is 41.2. The quantitative estimate of drug-likeness (QED) is 0.159. The van der Waals surface area contributed by atoms with Gasteiger partial charge in [0.2, 0.25) is 17.7 Å². The van der Waals surface area contributed by atoms with Crippen molar-refractivity contribution < 1.29 is 32.3 Å². The number of pyridine rings is 1. The van der Waals surface area contributed by atoms with Gasteiger partial charge >= 0.3 is 6.18 Å². The van der Waals surface area contributed by atoms with Gasteiger partial charge in [0.05, 0.1) is 52.9 Å². The number of nitrogens with one attached hydrogen (secondary N) is 2. The Morgan fingerprint density at radius 3 is 2.35 bits per heavy atom. The SMILES string of the molecule is C[C@@H]1CN(CCCC[C@H]2CC[C@H](N3C(=S)N(c4ccc(C#N)c(C(F)(F)F)c4)C(=O)C3(C)C)CC2)C[C@H](C)N1CC(=O)Nc1ccc(C2CCC(=O)NC2=O)nc1. The zero-order valence-electron chi connectivity index (χ0n) is 32.9. The first-order valence-electron chi connectivity index (χ1n) is 19.8. The molecule has 0 radical (unpaired) electrons. The number of piperazine rings is 1. The van der Waals surface area contributed by atoms with Crippen LogP contribution in [-0.2, 0) is 25.4 Å². The zero-order chi connectivity index (χ0) is 41.2. The average Bonchev–Trinajstić information content (AvgIpc) is 3.33. The van der Waals surface area contributed by atoms with Gasteiger partial charge in [0.15, 0.2) is 5.11 Å². The molecule has 3 atom stereocenters. The number of hydrogen-bond donors (Lipinski definition) is 2. The van der Waals surface area contributed by atoms with E-state index in [1.165, 1.54) is 11.0 Å². The van der Waals surface area contributed by atoms with Gasteiger partial charge in [0.1, 0.15) is 5.54 Å². The molecule has 6 rings (SSSR count). The normalized spacial score (nSPS) is 26.0. The average molecular weight is 809 g/mol. The van der Waals surface area contributed by atoms with Gasteiger partial charge in [-0.15, -0.1) is 0 Å². The highest BCUT2D eigenvalue weighted by Gasteiger charge is 2.52. The molecule has 4 heterocycles. The van der Waals surface area contributed by atoms with E-state index in [-0.39, 0.29) is 65.5 Å². The predicted molar refractivity (Wildman–Crippen MR) is 212 cm³/mol. The first-order chi connectivity index (χ1) is 27.0. The number of imide groups is 1. The van der Waals surface area contributed by atoms with E-state index in [0.29, 0.717) is 23.7 Å². The predicted octanol–water partition coefficient (Wildman–Crippen LogP) is 5.97. The van der Waals surface area contributed by atoms with E-state index in [4.69, 9.17) is 12.2 Å². The number of halogens is 3. The van der Waals surface area contributed by atoms with E-state index in [1.807, 2.05) is 4.90 Å². The minimum atomic E-state index is -4.75. The van der Waals surface area contributed by atoms with E-state index in [2.05, 4.69) is 39.3 Å². The molecule has 2 N–H and O–H groups in total. The van der Waals surface area contributed by atoms with E-state index in [0.717, 1.165) is 76.7 Å². The monoisotopic (exact) mass is 808 g/mol. The molecule has 1 unspecified atom stereocenters. The lowest BCUT2D eigenvalue weighted by Gasteiger charge is -2.44. The molecular weight excluding hydrogens is 758 g/mol. The molecule has 12 nitrogen and oxygen atoms in total. The second kappa shape index (κ2) is 17.2. The van der Waals surface area contributed by atoms with Gasteiger partial charge in [-0.2, -0.15) is 18.4 Å². The van der Waals surface area contributed by atoms with Crippen LogP contribution in [0.25, 0.3) is 0 Å². The van der Waals surface area contributed by atoms with E-state index in [9.17, 15) is 37.6 Å². The van der Waals surface area contributed by atoms with Crippen molar-refractivity contribution in [3.05, 3.63) is 53.3 Å². The van der Waals surface area contributed by atoms with Gasteiger partial charge in [-0.25, -0.2) is 0 Å². The second-order valence-electron chi connectivity index (χ2n) is 16.5. The molecule has 57 heavy (non-hydrogen) atoms. The maximum atomic E-state index is 13.7. The van der Waals surface area contributed by atoms with Gasteiger partial charge in [-0.3, -0.25) is 39.3 Å². The Morgan fingerprint density at radius 1 is 1.04 bits per heavy atom. The van der Waals surface area contributed by atoms with Crippen LogP contribution in [-0.4, -0.2) is 98.3 Å². The maximum absolute atomic E-state index is 13.7. The number of piperidine rings is 1. The standard InChI is InChI=1S/C41H51F3N8O4S/c1-25-22-49(23-26(2)50(25)24-36(54)47-29-11-16-34(46-21-29)32-15-17-35(53)48-37(32)55)18-6-5-7-27-8-12-30(13-9-27)52-39(57)51(38(56)40(52,3)4)31-14-10-28(20-45)33(19-31)41(42,43)44/h10-11,14,16,19,21,25-27,30,32H,5-9,12-13,15,17-18,22-24H2,1-4H3,(H,47,54)(H,48,53,55)/t25-,26+,27-,30-,32?. The van der Waals surface area contributed by atoms with Crippen LogP contribution in [0, 0.1) is 17.2 Å². The third-order valence-electron chi connectivity index (χ3n) is 12.1.